The first-order chi connectivity index (χ1) is 12.9. The number of hydrogen-bond acceptors (Lipinski definition) is 3. The van der Waals surface area contributed by atoms with Gasteiger partial charge in [0.2, 0.25) is 0 Å². The van der Waals surface area contributed by atoms with Crippen LogP contribution in [0.25, 0.3) is 0 Å². The summed E-state index contributed by atoms with van der Waals surface area (Å²) in [5.74, 6) is -0.515. The molecule has 1 aromatic heterocycles. The summed E-state index contributed by atoms with van der Waals surface area (Å²) < 4.78 is 1.07. The molecule has 0 fully saturated rings. The van der Waals surface area contributed by atoms with Crippen LogP contribution < -0.4 is 15.7 Å². The van der Waals surface area contributed by atoms with E-state index in [4.69, 9.17) is 16.4 Å². The zero-order valence-electron chi connectivity index (χ0n) is 15.0. The van der Waals surface area contributed by atoms with Crippen molar-refractivity contribution in [3.8, 4) is 0 Å². The van der Waals surface area contributed by atoms with Gasteiger partial charge >= 0.3 is 0 Å². The summed E-state index contributed by atoms with van der Waals surface area (Å²) in [6.45, 7) is 4.05. The minimum absolute atomic E-state index is 0.0129. The molecule has 6 heteroatoms. The molecule has 3 aromatic rings. The molecule has 0 atom stereocenters. The molecule has 1 N–H and O–H groups in total. The van der Waals surface area contributed by atoms with Crippen LogP contribution in [0.15, 0.2) is 65.6 Å². The van der Waals surface area contributed by atoms with E-state index in [9.17, 15) is 9.59 Å². The number of hydrogen-bond donors (Lipinski definition) is 1. The van der Waals surface area contributed by atoms with Crippen molar-refractivity contribution in [2.24, 2.45) is 0 Å². The number of benzene rings is 2. The SMILES string of the molecule is Cc1cccc(COn2cccc(C(=O)Nc3cc(Cl)ccc3C)c2=O)c1. The molecule has 2 aromatic carbocycles. The summed E-state index contributed by atoms with van der Waals surface area (Å²) in [6, 6.07) is 16.0. The normalized spacial score (nSPS) is 10.5. The minimum atomic E-state index is -0.526. The van der Waals surface area contributed by atoms with E-state index in [0.29, 0.717) is 10.7 Å². The van der Waals surface area contributed by atoms with E-state index in [-0.39, 0.29) is 12.2 Å². The first-order valence-corrected chi connectivity index (χ1v) is 8.80. The second-order valence-corrected chi connectivity index (χ2v) is 6.67. The second-order valence-electron chi connectivity index (χ2n) is 6.23. The maximum absolute atomic E-state index is 12.6. The Labute approximate surface area is 162 Å². The maximum Gasteiger partial charge on any atom is 0.295 e. The molecule has 0 unspecified atom stereocenters. The number of carbonyl (C=O) groups excluding carboxylic acids is 1. The molecule has 0 spiro atoms. The zero-order valence-corrected chi connectivity index (χ0v) is 15.8. The van der Waals surface area contributed by atoms with Crippen LogP contribution in [0.2, 0.25) is 5.02 Å². The Bertz CT molecular complexity index is 1040. The number of anilines is 1. The molecule has 3 rings (SSSR count). The quantitative estimate of drug-likeness (QED) is 0.725. The van der Waals surface area contributed by atoms with Gasteiger partial charge in [0.25, 0.3) is 11.5 Å². The predicted molar refractivity (Wildman–Crippen MR) is 106 cm³/mol. The standard InChI is InChI=1S/C21H19ClN2O3/c1-14-5-3-6-16(11-14)13-27-24-10-4-7-18(21(24)26)20(25)23-19-12-17(22)9-8-15(19)2/h3-12H,13H2,1-2H3,(H,23,25). The van der Waals surface area contributed by atoms with Crippen molar-refractivity contribution in [1.29, 1.82) is 0 Å². The van der Waals surface area contributed by atoms with E-state index < -0.39 is 11.5 Å². The van der Waals surface area contributed by atoms with Crippen LogP contribution in [0.3, 0.4) is 0 Å². The number of pyridine rings is 1. The van der Waals surface area contributed by atoms with Gasteiger partial charge in [0.15, 0.2) is 0 Å². The van der Waals surface area contributed by atoms with Crippen molar-refractivity contribution < 1.29 is 9.63 Å². The maximum atomic E-state index is 12.6. The highest BCUT2D eigenvalue weighted by Gasteiger charge is 2.14. The van der Waals surface area contributed by atoms with E-state index in [1.165, 1.54) is 12.3 Å². The first kappa shape index (κ1) is 18.7. The Kier molecular flexibility index (Phi) is 5.62. The van der Waals surface area contributed by atoms with Crippen molar-refractivity contribution in [1.82, 2.24) is 4.73 Å². The van der Waals surface area contributed by atoms with Gasteiger partial charge in [0.05, 0.1) is 0 Å². The number of rotatable bonds is 5. The van der Waals surface area contributed by atoms with E-state index >= 15 is 0 Å². The molecule has 0 aliphatic carbocycles. The van der Waals surface area contributed by atoms with Crippen LogP contribution in [0.1, 0.15) is 27.0 Å². The van der Waals surface area contributed by atoms with Crippen LogP contribution >= 0.6 is 11.6 Å². The highest BCUT2D eigenvalue weighted by molar-refractivity contribution is 6.31. The van der Waals surface area contributed by atoms with E-state index in [0.717, 1.165) is 21.4 Å². The average Bonchev–Trinajstić information content (AvgIpc) is 2.64. The lowest BCUT2D eigenvalue weighted by Gasteiger charge is -2.11. The minimum Gasteiger partial charge on any atom is -0.406 e. The molecule has 1 amide bonds. The highest BCUT2D eigenvalue weighted by Crippen LogP contribution is 2.20. The Morgan fingerprint density at radius 3 is 2.70 bits per heavy atom. The number of carbonyl (C=O) groups is 1. The first-order valence-electron chi connectivity index (χ1n) is 8.42. The van der Waals surface area contributed by atoms with E-state index in [2.05, 4.69) is 5.32 Å². The van der Waals surface area contributed by atoms with Crippen molar-refractivity contribution in [3.05, 3.63) is 98.4 Å². The molecule has 27 heavy (non-hydrogen) atoms. The number of nitrogens with zero attached hydrogens (tertiary/aromatic N) is 1. The molecule has 0 radical (unpaired) electrons. The third kappa shape index (κ3) is 4.57. The molecule has 0 saturated carbocycles. The summed E-state index contributed by atoms with van der Waals surface area (Å²) in [6.07, 6.45) is 1.49. The van der Waals surface area contributed by atoms with E-state index in [1.807, 2.05) is 38.1 Å². The fraction of sp³-hybridized carbons (Fsp3) is 0.143. The molecular weight excluding hydrogens is 364 g/mol. The second kappa shape index (κ2) is 8.10. The van der Waals surface area contributed by atoms with Gasteiger partial charge in [-0.15, -0.1) is 0 Å². The lowest BCUT2D eigenvalue weighted by atomic mass is 10.1. The molecule has 0 bridgehead atoms. The Morgan fingerprint density at radius 2 is 1.93 bits per heavy atom. The summed E-state index contributed by atoms with van der Waals surface area (Å²) >= 11 is 5.98. The molecular formula is C21H19ClN2O3. The number of halogens is 1. The van der Waals surface area contributed by atoms with Crippen molar-refractivity contribution in [2.75, 3.05) is 5.32 Å². The smallest absolute Gasteiger partial charge is 0.295 e. The van der Waals surface area contributed by atoms with Crippen molar-refractivity contribution >= 4 is 23.2 Å². The molecule has 0 saturated heterocycles. The van der Waals surface area contributed by atoms with Gasteiger partial charge in [-0.2, -0.15) is 4.73 Å². The van der Waals surface area contributed by atoms with Crippen molar-refractivity contribution in [2.45, 2.75) is 20.5 Å². The van der Waals surface area contributed by atoms with Crippen molar-refractivity contribution in [3.63, 3.8) is 0 Å². The summed E-state index contributed by atoms with van der Waals surface area (Å²) in [5.41, 5.74) is 2.91. The molecule has 0 aliphatic heterocycles. The number of nitrogens with one attached hydrogen (secondary N) is 1. The third-order valence-electron chi connectivity index (χ3n) is 4.06. The Balaban J connectivity index is 1.78. The lowest BCUT2D eigenvalue weighted by molar-refractivity contribution is 0.0863. The fourth-order valence-corrected chi connectivity index (χ4v) is 2.79. The van der Waals surface area contributed by atoms with Gasteiger partial charge in [0.1, 0.15) is 12.2 Å². The van der Waals surface area contributed by atoms with Gasteiger partial charge in [0, 0.05) is 16.9 Å². The number of aromatic nitrogens is 1. The number of aryl methyl sites for hydroxylation is 2. The molecule has 5 nitrogen and oxygen atoms in total. The molecule has 0 aliphatic rings. The topological polar surface area (TPSA) is 60.3 Å². The molecule has 1 heterocycles. The largest absolute Gasteiger partial charge is 0.406 e. The van der Waals surface area contributed by atoms with Gasteiger partial charge in [-0.25, -0.2) is 0 Å². The van der Waals surface area contributed by atoms with Gasteiger partial charge in [-0.3, -0.25) is 9.59 Å². The van der Waals surface area contributed by atoms with Crippen LogP contribution in [0, 0.1) is 13.8 Å². The average molecular weight is 383 g/mol. The fourth-order valence-electron chi connectivity index (χ4n) is 2.61. The summed E-state index contributed by atoms with van der Waals surface area (Å²) in [5, 5.41) is 3.23. The highest BCUT2D eigenvalue weighted by atomic mass is 35.5. The van der Waals surface area contributed by atoms with Gasteiger partial charge < -0.3 is 10.2 Å². The lowest BCUT2D eigenvalue weighted by Crippen LogP contribution is -2.32. The van der Waals surface area contributed by atoms with Gasteiger partial charge in [-0.05, 0) is 49.2 Å². The zero-order chi connectivity index (χ0) is 19.4. The van der Waals surface area contributed by atoms with E-state index in [1.54, 1.807) is 24.3 Å². The Morgan fingerprint density at radius 1 is 1.11 bits per heavy atom. The Hall–Kier alpha value is -3.05. The molecule has 138 valence electrons. The number of amides is 1. The third-order valence-corrected chi connectivity index (χ3v) is 4.30. The van der Waals surface area contributed by atoms with Crippen LogP contribution in [-0.2, 0) is 6.61 Å². The van der Waals surface area contributed by atoms with Crippen LogP contribution in [-0.4, -0.2) is 10.6 Å². The monoisotopic (exact) mass is 382 g/mol. The van der Waals surface area contributed by atoms with Gasteiger partial charge in [-0.1, -0.05) is 47.5 Å². The predicted octanol–water partition coefficient (Wildman–Crippen LogP) is 4.00. The van der Waals surface area contributed by atoms with Crippen LogP contribution in [0.4, 0.5) is 5.69 Å². The van der Waals surface area contributed by atoms with Crippen LogP contribution in [0.5, 0.6) is 0 Å². The summed E-state index contributed by atoms with van der Waals surface area (Å²) in [7, 11) is 0. The summed E-state index contributed by atoms with van der Waals surface area (Å²) in [4.78, 5) is 30.7.